The van der Waals surface area contributed by atoms with Crippen LogP contribution in [0.15, 0.2) is 48.5 Å². The zero-order chi connectivity index (χ0) is 24.2. The molecule has 8 heteroatoms. The quantitative estimate of drug-likeness (QED) is 0.431. The number of likely N-dealkylation sites (tertiary alicyclic amines) is 1. The first-order valence-corrected chi connectivity index (χ1v) is 11.5. The fraction of sp³-hybridized carbons (Fsp3) is 0.400. The number of hydrogen-bond donors (Lipinski definition) is 1. The molecule has 0 saturated carbocycles. The maximum absolute atomic E-state index is 13.9. The maximum Gasteiger partial charge on any atom is 0.306 e. The van der Waals surface area contributed by atoms with Crippen LogP contribution in [0.3, 0.4) is 0 Å². The minimum atomic E-state index is -1.11. The molecule has 1 aliphatic rings. The summed E-state index contributed by atoms with van der Waals surface area (Å²) >= 11 is 12.4. The summed E-state index contributed by atoms with van der Waals surface area (Å²) < 4.78 is 4.87. The second kappa shape index (κ2) is 10.7. The number of aldehydes is 1. The van der Waals surface area contributed by atoms with Crippen molar-refractivity contribution in [3.63, 3.8) is 0 Å². The first-order chi connectivity index (χ1) is 15.7. The lowest BCUT2D eigenvalue weighted by Gasteiger charge is -2.51. The van der Waals surface area contributed by atoms with Crippen molar-refractivity contribution in [2.45, 2.75) is 44.2 Å². The molecule has 6 nitrogen and oxygen atoms in total. The summed E-state index contributed by atoms with van der Waals surface area (Å²) in [6.45, 7) is 1.45. The van der Waals surface area contributed by atoms with Crippen LogP contribution in [0, 0.1) is 5.41 Å². The number of halogens is 2. The Kier molecular flexibility index (Phi) is 8.16. The number of aliphatic hydroxyl groups is 1. The number of carbonyl (C=O) groups excluding carboxylic acids is 3. The number of rotatable bonds is 8. The molecule has 1 aliphatic heterocycles. The smallest absolute Gasteiger partial charge is 0.306 e. The van der Waals surface area contributed by atoms with E-state index in [9.17, 15) is 19.5 Å². The van der Waals surface area contributed by atoms with Gasteiger partial charge >= 0.3 is 5.97 Å². The van der Waals surface area contributed by atoms with Crippen molar-refractivity contribution < 1.29 is 24.2 Å². The molecule has 0 aliphatic carbocycles. The van der Waals surface area contributed by atoms with Gasteiger partial charge in [0.2, 0.25) is 5.91 Å². The Morgan fingerprint density at radius 3 is 2.48 bits per heavy atom. The van der Waals surface area contributed by atoms with Crippen LogP contribution in [-0.2, 0) is 19.1 Å². The van der Waals surface area contributed by atoms with Gasteiger partial charge in [0, 0.05) is 22.6 Å². The molecule has 2 aromatic rings. The molecule has 2 aromatic carbocycles. The normalized spacial score (nSPS) is 23.8. The highest BCUT2D eigenvalue weighted by molar-refractivity contribution is 6.30. The molecule has 3 rings (SSSR count). The van der Waals surface area contributed by atoms with E-state index in [1.54, 1.807) is 25.1 Å². The van der Waals surface area contributed by atoms with Gasteiger partial charge in [-0.15, -0.1) is 0 Å². The third-order valence-corrected chi connectivity index (χ3v) is 6.78. The maximum atomic E-state index is 13.9. The number of methoxy groups -OCH3 is 1. The van der Waals surface area contributed by atoms with E-state index in [2.05, 4.69) is 0 Å². The standard InChI is InChI=1S/C25H27Cl2NO5/c1-25(14-22(31)33-2)13-21(17-4-3-5-19(27)12-17)23(16-6-8-18(26)9-7-16)28(24(25)32)20(15-30)10-11-29/h3-9,12,15,20-21,23,29H,10-11,13-14H2,1-2H3/t20-,21+,23+,25+/m0/s1. The molecule has 176 valence electrons. The van der Waals surface area contributed by atoms with Gasteiger partial charge in [-0.3, -0.25) is 9.59 Å². The fourth-order valence-electron chi connectivity index (χ4n) is 4.71. The Bertz CT molecular complexity index is 1010. The average Bonchev–Trinajstić information content (AvgIpc) is 2.80. The van der Waals surface area contributed by atoms with Crippen molar-refractivity contribution in [1.82, 2.24) is 4.90 Å². The van der Waals surface area contributed by atoms with E-state index in [-0.39, 0.29) is 31.3 Å². The molecule has 1 fully saturated rings. The van der Waals surface area contributed by atoms with E-state index < -0.39 is 23.5 Å². The topological polar surface area (TPSA) is 83.9 Å². The van der Waals surface area contributed by atoms with Crippen molar-refractivity contribution in [3.05, 3.63) is 69.7 Å². The highest BCUT2D eigenvalue weighted by Crippen LogP contribution is 2.52. The molecule has 1 heterocycles. The first kappa shape index (κ1) is 25.2. The molecule has 0 spiro atoms. The minimum Gasteiger partial charge on any atom is -0.469 e. The van der Waals surface area contributed by atoms with Crippen LogP contribution in [0.5, 0.6) is 0 Å². The second-order valence-electron chi connectivity index (χ2n) is 8.60. The molecule has 4 atom stereocenters. The van der Waals surface area contributed by atoms with Crippen LogP contribution >= 0.6 is 23.2 Å². The molecule has 33 heavy (non-hydrogen) atoms. The zero-order valence-corrected chi connectivity index (χ0v) is 20.1. The summed E-state index contributed by atoms with van der Waals surface area (Å²) in [4.78, 5) is 39.8. The predicted octanol–water partition coefficient (Wildman–Crippen LogP) is 4.57. The number of nitrogens with zero attached hydrogens (tertiary/aromatic N) is 1. The number of hydrogen-bond acceptors (Lipinski definition) is 5. The van der Waals surface area contributed by atoms with E-state index >= 15 is 0 Å². The Morgan fingerprint density at radius 1 is 1.21 bits per heavy atom. The van der Waals surface area contributed by atoms with Crippen molar-refractivity contribution >= 4 is 41.4 Å². The summed E-state index contributed by atoms with van der Waals surface area (Å²) in [6, 6.07) is 13.1. The van der Waals surface area contributed by atoms with Crippen LogP contribution in [-0.4, -0.2) is 47.9 Å². The van der Waals surface area contributed by atoms with Crippen LogP contribution in [0.4, 0.5) is 0 Å². The van der Waals surface area contributed by atoms with E-state index in [4.69, 9.17) is 27.9 Å². The van der Waals surface area contributed by atoms with Gasteiger partial charge in [-0.1, -0.05) is 54.4 Å². The Morgan fingerprint density at radius 2 is 1.91 bits per heavy atom. The van der Waals surface area contributed by atoms with Crippen molar-refractivity contribution in [2.75, 3.05) is 13.7 Å². The summed E-state index contributed by atoms with van der Waals surface area (Å²) in [6.07, 6.45) is 0.968. The van der Waals surface area contributed by atoms with Gasteiger partial charge in [0.1, 0.15) is 6.29 Å². The molecule has 0 aromatic heterocycles. The SMILES string of the molecule is COC(=O)C[C@@]1(C)C[C@H](c2cccc(Cl)c2)[C@@H](c2ccc(Cl)cc2)N([C@H](C=O)CCO)C1=O. The van der Waals surface area contributed by atoms with Crippen molar-refractivity contribution in [3.8, 4) is 0 Å². The average molecular weight is 492 g/mol. The van der Waals surface area contributed by atoms with Gasteiger partial charge in [0.25, 0.3) is 0 Å². The molecule has 0 bridgehead atoms. The van der Waals surface area contributed by atoms with Crippen LogP contribution in [0.2, 0.25) is 10.0 Å². The van der Waals surface area contributed by atoms with Gasteiger partial charge in [0.15, 0.2) is 0 Å². The lowest BCUT2D eigenvalue weighted by atomic mass is 9.67. The van der Waals surface area contributed by atoms with Gasteiger partial charge in [-0.05, 0) is 48.2 Å². The third kappa shape index (κ3) is 5.40. The number of esters is 1. The lowest BCUT2D eigenvalue weighted by molar-refractivity contribution is -0.162. The summed E-state index contributed by atoms with van der Waals surface area (Å²) in [5.74, 6) is -1.12. The number of ether oxygens (including phenoxy) is 1. The Balaban J connectivity index is 2.22. The predicted molar refractivity (Wildman–Crippen MR) is 126 cm³/mol. The second-order valence-corrected chi connectivity index (χ2v) is 9.48. The lowest BCUT2D eigenvalue weighted by Crippen LogP contribution is -2.56. The summed E-state index contributed by atoms with van der Waals surface area (Å²) in [5, 5.41) is 10.7. The summed E-state index contributed by atoms with van der Waals surface area (Å²) in [7, 11) is 1.28. The zero-order valence-electron chi connectivity index (χ0n) is 18.5. The van der Waals surface area contributed by atoms with E-state index in [1.807, 2.05) is 30.3 Å². The van der Waals surface area contributed by atoms with Crippen molar-refractivity contribution in [1.29, 1.82) is 0 Å². The van der Waals surface area contributed by atoms with Gasteiger partial charge in [-0.25, -0.2) is 0 Å². The largest absolute Gasteiger partial charge is 0.469 e. The molecular formula is C25H27Cl2NO5. The van der Waals surface area contributed by atoms with Crippen LogP contribution < -0.4 is 0 Å². The molecule has 0 unspecified atom stereocenters. The van der Waals surface area contributed by atoms with Crippen molar-refractivity contribution in [2.24, 2.45) is 5.41 Å². The number of aliphatic hydroxyl groups excluding tert-OH is 1. The number of carbonyl (C=O) groups is 3. The fourth-order valence-corrected chi connectivity index (χ4v) is 5.03. The highest BCUT2D eigenvalue weighted by atomic mass is 35.5. The molecule has 1 N–H and O–H groups in total. The van der Waals surface area contributed by atoms with Gasteiger partial charge in [-0.2, -0.15) is 0 Å². The monoisotopic (exact) mass is 491 g/mol. The highest BCUT2D eigenvalue weighted by Gasteiger charge is 2.52. The Hall–Kier alpha value is -2.41. The number of benzene rings is 2. The van der Waals surface area contributed by atoms with Crippen LogP contribution in [0.1, 0.15) is 49.3 Å². The third-order valence-electron chi connectivity index (χ3n) is 6.29. The molecular weight excluding hydrogens is 465 g/mol. The van der Waals surface area contributed by atoms with Gasteiger partial charge in [0.05, 0.1) is 31.0 Å². The number of piperidine rings is 1. The van der Waals surface area contributed by atoms with Crippen LogP contribution in [0.25, 0.3) is 0 Å². The number of amides is 1. The van der Waals surface area contributed by atoms with E-state index in [0.717, 1.165) is 11.1 Å². The molecule has 1 amide bonds. The minimum absolute atomic E-state index is 0.0793. The Labute approximate surface area is 203 Å². The van der Waals surface area contributed by atoms with Gasteiger partial charge < -0.3 is 19.5 Å². The molecule has 1 saturated heterocycles. The van der Waals surface area contributed by atoms with E-state index in [0.29, 0.717) is 22.8 Å². The summed E-state index contributed by atoms with van der Waals surface area (Å²) in [5.41, 5.74) is 0.562. The first-order valence-electron chi connectivity index (χ1n) is 10.7. The van der Waals surface area contributed by atoms with E-state index in [1.165, 1.54) is 12.0 Å². The molecule has 0 radical (unpaired) electrons.